The molecule has 3 N–H and O–H groups in total. The van der Waals surface area contributed by atoms with Crippen LogP contribution in [0.1, 0.15) is 18.4 Å². The molecule has 140 valence electrons. The quantitative estimate of drug-likeness (QED) is 0.646. The van der Waals surface area contributed by atoms with Crippen LogP contribution in [-0.4, -0.2) is 32.6 Å². The lowest BCUT2D eigenvalue weighted by Crippen LogP contribution is -2.39. The highest BCUT2D eigenvalue weighted by Crippen LogP contribution is 2.39. The van der Waals surface area contributed by atoms with E-state index in [0.29, 0.717) is 35.8 Å². The average molecular weight is 375 g/mol. The summed E-state index contributed by atoms with van der Waals surface area (Å²) in [4.78, 5) is 0. The number of phenolic OH excluding ortho intramolecular Hbond substituents is 1. The van der Waals surface area contributed by atoms with Gasteiger partial charge in [0.05, 0.1) is 11.7 Å². The second-order valence-electron chi connectivity index (χ2n) is 6.64. The normalized spacial score (nSPS) is 19.7. The van der Waals surface area contributed by atoms with Gasteiger partial charge in [0, 0.05) is 22.4 Å². The zero-order valence-electron chi connectivity index (χ0n) is 14.0. The first-order valence-electron chi connectivity index (χ1n) is 8.43. The second kappa shape index (κ2) is 6.38. The van der Waals surface area contributed by atoms with Crippen molar-refractivity contribution < 1.29 is 23.4 Å². The maximum absolute atomic E-state index is 12.8. The highest BCUT2D eigenvalue weighted by atomic mass is 19.4. The monoisotopic (exact) mass is 375 g/mol. The Morgan fingerprint density at radius 1 is 1.00 bits per heavy atom. The van der Waals surface area contributed by atoms with Crippen LogP contribution in [0.4, 0.5) is 19.0 Å². The first-order valence-corrected chi connectivity index (χ1v) is 8.43. The van der Waals surface area contributed by atoms with E-state index in [9.17, 15) is 23.4 Å². The van der Waals surface area contributed by atoms with E-state index in [1.54, 1.807) is 12.1 Å². The SMILES string of the molecule is Oc1cc(C(F)(F)F)ccc1-c1nnc(N[C@H]2C[C@H](O)C2)c2ccccc12. The highest BCUT2D eigenvalue weighted by Gasteiger charge is 2.31. The Kier molecular flexibility index (Phi) is 4.15. The predicted octanol–water partition coefficient (Wildman–Crippen LogP) is 3.96. The first-order chi connectivity index (χ1) is 12.8. The summed E-state index contributed by atoms with van der Waals surface area (Å²) in [5.74, 6) is 0.0322. The Balaban J connectivity index is 1.77. The lowest BCUT2D eigenvalue weighted by molar-refractivity contribution is -0.137. The molecule has 0 saturated heterocycles. The van der Waals surface area contributed by atoms with Crippen molar-refractivity contribution in [2.24, 2.45) is 0 Å². The molecule has 5 nitrogen and oxygen atoms in total. The fourth-order valence-corrected chi connectivity index (χ4v) is 3.22. The Bertz CT molecular complexity index is 1000. The average Bonchev–Trinajstić information content (AvgIpc) is 2.60. The number of fused-ring (bicyclic) bond motifs is 1. The van der Waals surface area contributed by atoms with Crippen LogP contribution >= 0.6 is 0 Å². The summed E-state index contributed by atoms with van der Waals surface area (Å²) in [7, 11) is 0. The van der Waals surface area contributed by atoms with Gasteiger partial charge in [-0.15, -0.1) is 10.2 Å². The summed E-state index contributed by atoms with van der Waals surface area (Å²) >= 11 is 0. The summed E-state index contributed by atoms with van der Waals surface area (Å²) in [5, 5.41) is 32.5. The number of nitrogens with one attached hydrogen (secondary N) is 1. The number of aromatic hydroxyl groups is 1. The summed E-state index contributed by atoms with van der Waals surface area (Å²) in [6.07, 6.45) is -3.61. The number of rotatable bonds is 3. The van der Waals surface area contributed by atoms with Gasteiger partial charge in [0.2, 0.25) is 0 Å². The van der Waals surface area contributed by atoms with Gasteiger partial charge in [-0.05, 0) is 31.0 Å². The number of hydrogen-bond donors (Lipinski definition) is 3. The van der Waals surface area contributed by atoms with E-state index in [-0.39, 0.29) is 17.7 Å². The van der Waals surface area contributed by atoms with E-state index in [4.69, 9.17) is 0 Å². The van der Waals surface area contributed by atoms with Crippen LogP contribution < -0.4 is 5.32 Å². The highest BCUT2D eigenvalue weighted by molar-refractivity contribution is 6.00. The fourth-order valence-electron chi connectivity index (χ4n) is 3.22. The molecule has 0 radical (unpaired) electrons. The molecule has 1 fully saturated rings. The van der Waals surface area contributed by atoms with Crippen LogP contribution in [0.2, 0.25) is 0 Å². The van der Waals surface area contributed by atoms with E-state index >= 15 is 0 Å². The number of aliphatic hydroxyl groups excluding tert-OH is 1. The third kappa shape index (κ3) is 3.28. The zero-order valence-corrected chi connectivity index (χ0v) is 14.0. The molecule has 0 aliphatic heterocycles. The van der Waals surface area contributed by atoms with Gasteiger partial charge in [0.25, 0.3) is 0 Å². The predicted molar refractivity (Wildman–Crippen MR) is 94.3 cm³/mol. The molecule has 0 atom stereocenters. The number of phenols is 1. The molecule has 0 bridgehead atoms. The molecular formula is C19H16F3N3O2. The van der Waals surface area contributed by atoms with Gasteiger partial charge in [0.1, 0.15) is 11.4 Å². The van der Waals surface area contributed by atoms with Gasteiger partial charge in [-0.25, -0.2) is 0 Å². The van der Waals surface area contributed by atoms with Crippen molar-refractivity contribution in [3.05, 3.63) is 48.0 Å². The van der Waals surface area contributed by atoms with Gasteiger partial charge in [-0.1, -0.05) is 24.3 Å². The van der Waals surface area contributed by atoms with Gasteiger partial charge >= 0.3 is 6.18 Å². The molecule has 1 aliphatic carbocycles. The molecular weight excluding hydrogens is 359 g/mol. The summed E-state index contributed by atoms with van der Waals surface area (Å²) in [5.41, 5.74) is -0.448. The molecule has 1 saturated carbocycles. The first kappa shape index (κ1) is 17.5. The van der Waals surface area contributed by atoms with E-state index < -0.39 is 17.5 Å². The van der Waals surface area contributed by atoms with Crippen molar-refractivity contribution in [3.8, 4) is 17.0 Å². The van der Waals surface area contributed by atoms with Gasteiger partial charge in [0.15, 0.2) is 5.82 Å². The van der Waals surface area contributed by atoms with Crippen molar-refractivity contribution >= 4 is 16.6 Å². The van der Waals surface area contributed by atoms with Gasteiger partial charge < -0.3 is 15.5 Å². The second-order valence-corrected chi connectivity index (χ2v) is 6.64. The number of halogens is 3. The molecule has 4 rings (SSSR count). The maximum Gasteiger partial charge on any atom is 0.416 e. The van der Waals surface area contributed by atoms with Gasteiger partial charge in [-0.3, -0.25) is 0 Å². The Labute approximate surface area is 152 Å². The van der Waals surface area contributed by atoms with Crippen molar-refractivity contribution in [1.82, 2.24) is 10.2 Å². The van der Waals surface area contributed by atoms with Crippen LogP contribution in [0, 0.1) is 0 Å². The standard InChI is InChI=1S/C19H16F3N3O2/c20-19(21,22)10-5-6-15(16(27)7-10)17-13-3-1-2-4-14(13)18(25-24-17)23-11-8-12(26)9-11/h1-7,11-12,26-27H,8-9H2,(H,23,25)/t11-,12-. The minimum absolute atomic E-state index is 0.100. The molecule has 1 heterocycles. The van der Waals surface area contributed by atoms with Crippen molar-refractivity contribution in [3.63, 3.8) is 0 Å². The summed E-state index contributed by atoms with van der Waals surface area (Å²) in [6, 6.07) is 10.1. The molecule has 0 amide bonds. The number of benzene rings is 2. The van der Waals surface area contributed by atoms with Crippen LogP contribution in [0.3, 0.4) is 0 Å². The number of alkyl halides is 3. The lowest BCUT2D eigenvalue weighted by atomic mass is 9.89. The Hall–Kier alpha value is -2.87. The van der Waals surface area contributed by atoms with Crippen LogP contribution in [0.25, 0.3) is 22.0 Å². The number of hydrogen-bond acceptors (Lipinski definition) is 5. The lowest BCUT2D eigenvalue weighted by Gasteiger charge is -2.32. The molecule has 27 heavy (non-hydrogen) atoms. The van der Waals surface area contributed by atoms with Crippen molar-refractivity contribution in [2.75, 3.05) is 5.32 Å². The molecule has 0 unspecified atom stereocenters. The van der Waals surface area contributed by atoms with Crippen LogP contribution in [-0.2, 0) is 6.18 Å². The van der Waals surface area contributed by atoms with Crippen molar-refractivity contribution in [2.45, 2.75) is 31.2 Å². The molecule has 1 aliphatic rings. The number of aromatic nitrogens is 2. The molecule has 3 aromatic rings. The topological polar surface area (TPSA) is 78.3 Å². The van der Waals surface area contributed by atoms with Crippen LogP contribution in [0.15, 0.2) is 42.5 Å². The van der Waals surface area contributed by atoms with E-state index in [2.05, 4.69) is 15.5 Å². The summed E-state index contributed by atoms with van der Waals surface area (Å²) < 4.78 is 38.5. The largest absolute Gasteiger partial charge is 0.507 e. The Morgan fingerprint density at radius 3 is 2.33 bits per heavy atom. The molecule has 8 heteroatoms. The van der Waals surface area contributed by atoms with E-state index in [1.165, 1.54) is 6.07 Å². The third-order valence-corrected chi connectivity index (χ3v) is 4.72. The minimum atomic E-state index is -4.54. The molecule has 1 aromatic heterocycles. The van der Waals surface area contributed by atoms with Gasteiger partial charge in [-0.2, -0.15) is 13.2 Å². The smallest absolute Gasteiger partial charge is 0.416 e. The molecule has 2 aromatic carbocycles. The third-order valence-electron chi connectivity index (χ3n) is 4.72. The number of aliphatic hydroxyl groups is 1. The number of anilines is 1. The van der Waals surface area contributed by atoms with E-state index in [0.717, 1.165) is 11.5 Å². The number of nitrogens with zero attached hydrogens (tertiary/aromatic N) is 2. The van der Waals surface area contributed by atoms with E-state index in [1.807, 2.05) is 12.1 Å². The fraction of sp³-hybridized carbons (Fsp3) is 0.263. The summed E-state index contributed by atoms with van der Waals surface area (Å²) in [6.45, 7) is 0. The van der Waals surface area contributed by atoms with Crippen molar-refractivity contribution in [1.29, 1.82) is 0 Å². The zero-order chi connectivity index (χ0) is 19.2. The minimum Gasteiger partial charge on any atom is -0.507 e. The maximum atomic E-state index is 12.8. The molecule has 0 spiro atoms. The van der Waals surface area contributed by atoms with Crippen LogP contribution in [0.5, 0.6) is 5.75 Å². The Morgan fingerprint density at radius 2 is 1.70 bits per heavy atom.